The number of hydrogen-bond acceptors (Lipinski definition) is 5. The highest BCUT2D eigenvalue weighted by Gasteiger charge is 2.34. The molecule has 0 spiro atoms. The molecule has 1 aromatic heterocycles. The van der Waals surface area contributed by atoms with Crippen LogP contribution in [-0.4, -0.2) is 46.5 Å². The Labute approximate surface area is 158 Å². The standard InChI is InChI=1S/C18H19F3N4O3/c1-10-6-14(26)16(17(28)23-8-11-7-22-9-15(11)27)24-25(10)13-5-3-2-4-12(13)18(19,20)21/h2-6,11,15,22,27H,7-9H2,1H3,(H,23,28). The first-order chi connectivity index (χ1) is 13.2. The topological polar surface area (TPSA) is 96.2 Å². The number of β-amino-alcohol motifs (C(OH)–C–C–N with tert-alkyl or cyclic N) is 1. The molecule has 2 aromatic rings. The van der Waals surface area contributed by atoms with Crippen LogP contribution in [0.15, 0.2) is 35.1 Å². The lowest BCUT2D eigenvalue weighted by atomic mass is 10.1. The Morgan fingerprint density at radius 1 is 1.36 bits per heavy atom. The Morgan fingerprint density at radius 2 is 2.07 bits per heavy atom. The van der Waals surface area contributed by atoms with E-state index >= 15 is 0 Å². The third-order valence-electron chi connectivity index (χ3n) is 4.59. The van der Waals surface area contributed by atoms with Crippen LogP contribution in [0.5, 0.6) is 0 Å². The number of carbonyl (C=O) groups is 1. The van der Waals surface area contributed by atoms with Crippen molar-refractivity contribution in [2.24, 2.45) is 5.92 Å². The van der Waals surface area contributed by atoms with E-state index in [2.05, 4.69) is 15.7 Å². The predicted octanol–water partition coefficient (Wildman–Crippen LogP) is 0.870. The van der Waals surface area contributed by atoms with E-state index < -0.39 is 34.9 Å². The summed E-state index contributed by atoms with van der Waals surface area (Å²) in [4.78, 5) is 24.6. The monoisotopic (exact) mass is 396 g/mol. The molecule has 3 N–H and O–H groups in total. The second kappa shape index (κ2) is 7.72. The molecule has 1 aromatic carbocycles. The first-order valence-electron chi connectivity index (χ1n) is 8.63. The molecule has 1 fully saturated rings. The van der Waals surface area contributed by atoms with E-state index in [1.165, 1.54) is 25.1 Å². The summed E-state index contributed by atoms with van der Waals surface area (Å²) in [5.74, 6) is -1.02. The van der Waals surface area contributed by atoms with E-state index in [9.17, 15) is 27.9 Å². The highest BCUT2D eigenvalue weighted by atomic mass is 19.4. The molecule has 28 heavy (non-hydrogen) atoms. The zero-order valence-electron chi connectivity index (χ0n) is 15.0. The van der Waals surface area contributed by atoms with Crippen LogP contribution in [0.4, 0.5) is 13.2 Å². The van der Waals surface area contributed by atoms with Gasteiger partial charge in [0.1, 0.15) is 0 Å². The fourth-order valence-electron chi connectivity index (χ4n) is 3.08. The van der Waals surface area contributed by atoms with Gasteiger partial charge >= 0.3 is 6.18 Å². The molecule has 2 heterocycles. The van der Waals surface area contributed by atoms with Gasteiger partial charge in [-0.2, -0.15) is 18.3 Å². The summed E-state index contributed by atoms with van der Waals surface area (Å²) in [5, 5.41) is 19.1. The zero-order chi connectivity index (χ0) is 20.5. The lowest BCUT2D eigenvalue weighted by molar-refractivity contribution is -0.137. The van der Waals surface area contributed by atoms with E-state index in [0.29, 0.717) is 13.1 Å². The van der Waals surface area contributed by atoms with Crippen molar-refractivity contribution in [3.8, 4) is 5.69 Å². The van der Waals surface area contributed by atoms with Crippen molar-refractivity contribution < 1.29 is 23.1 Å². The van der Waals surface area contributed by atoms with Crippen LogP contribution in [-0.2, 0) is 6.18 Å². The highest BCUT2D eigenvalue weighted by Crippen LogP contribution is 2.33. The number of carbonyl (C=O) groups excluding carboxylic acids is 1. The van der Waals surface area contributed by atoms with Gasteiger partial charge in [-0.1, -0.05) is 12.1 Å². The summed E-state index contributed by atoms with van der Waals surface area (Å²) >= 11 is 0. The first-order valence-corrected chi connectivity index (χ1v) is 8.63. The highest BCUT2D eigenvalue weighted by molar-refractivity contribution is 5.92. The molecular formula is C18H19F3N4O3. The Kier molecular flexibility index (Phi) is 5.52. The molecule has 7 nitrogen and oxygen atoms in total. The van der Waals surface area contributed by atoms with Crippen molar-refractivity contribution in [2.45, 2.75) is 19.2 Å². The number of amides is 1. The number of hydrogen-bond donors (Lipinski definition) is 3. The van der Waals surface area contributed by atoms with E-state index in [1.807, 2.05) is 0 Å². The molecule has 1 saturated heterocycles. The number of nitrogens with zero attached hydrogens (tertiary/aromatic N) is 2. The SMILES string of the molecule is Cc1cc(=O)c(C(=O)NCC2CNCC2O)nn1-c1ccccc1C(F)(F)F. The Balaban J connectivity index is 1.94. The molecule has 0 radical (unpaired) electrons. The van der Waals surface area contributed by atoms with Gasteiger partial charge in [-0.3, -0.25) is 9.59 Å². The molecule has 2 atom stereocenters. The molecule has 1 amide bonds. The lowest BCUT2D eigenvalue weighted by Gasteiger charge is -2.17. The van der Waals surface area contributed by atoms with Gasteiger partial charge in [0.05, 0.1) is 17.4 Å². The second-order valence-electron chi connectivity index (χ2n) is 6.62. The van der Waals surface area contributed by atoms with Crippen molar-refractivity contribution in [3.63, 3.8) is 0 Å². The third-order valence-corrected chi connectivity index (χ3v) is 4.59. The minimum atomic E-state index is -4.62. The molecule has 10 heteroatoms. The van der Waals surface area contributed by atoms with E-state index in [1.54, 1.807) is 0 Å². The van der Waals surface area contributed by atoms with E-state index in [0.717, 1.165) is 16.8 Å². The van der Waals surface area contributed by atoms with Crippen molar-refractivity contribution in [2.75, 3.05) is 19.6 Å². The maximum absolute atomic E-state index is 13.3. The van der Waals surface area contributed by atoms with Crippen molar-refractivity contribution in [3.05, 3.63) is 57.5 Å². The number of halogens is 3. The van der Waals surface area contributed by atoms with E-state index in [-0.39, 0.29) is 23.8 Å². The van der Waals surface area contributed by atoms with Crippen molar-refractivity contribution in [1.29, 1.82) is 0 Å². The van der Waals surface area contributed by atoms with Gasteiger partial charge in [0, 0.05) is 37.3 Å². The largest absolute Gasteiger partial charge is 0.418 e. The molecule has 1 aliphatic heterocycles. The average Bonchev–Trinajstić information content (AvgIpc) is 3.04. The van der Waals surface area contributed by atoms with Crippen molar-refractivity contribution in [1.82, 2.24) is 20.4 Å². The maximum atomic E-state index is 13.3. The normalized spacial score (nSPS) is 19.6. The third kappa shape index (κ3) is 4.07. The smallest absolute Gasteiger partial charge is 0.391 e. The quantitative estimate of drug-likeness (QED) is 0.713. The number of aliphatic hydroxyl groups is 1. The Morgan fingerprint density at radius 3 is 2.71 bits per heavy atom. The van der Waals surface area contributed by atoms with Gasteiger partial charge in [-0.15, -0.1) is 0 Å². The Hall–Kier alpha value is -2.72. The second-order valence-corrected chi connectivity index (χ2v) is 6.62. The zero-order valence-corrected chi connectivity index (χ0v) is 15.0. The number of aryl methyl sites for hydroxylation is 1. The van der Waals surface area contributed by atoms with Crippen LogP contribution >= 0.6 is 0 Å². The molecule has 0 aliphatic carbocycles. The van der Waals surface area contributed by atoms with Gasteiger partial charge in [0.25, 0.3) is 5.91 Å². The fraction of sp³-hybridized carbons (Fsp3) is 0.389. The van der Waals surface area contributed by atoms with Gasteiger partial charge in [-0.25, -0.2) is 4.68 Å². The van der Waals surface area contributed by atoms with Gasteiger partial charge < -0.3 is 15.7 Å². The summed E-state index contributed by atoms with van der Waals surface area (Å²) in [6.45, 7) is 2.46. The van der Waals surface area contributed by atoms with Crippen LogP contribution < -0.4 is 16.1 Å². The van der Waals surface area contributed by atoms with Gasteiger partial charge in [-0.05, 0) is 19.1 Å². The van der Waals surface area contributed by atoms with E-state index in [4.69, 9.17) is 0 Å². The number of rotatable bonds is 4. The summed E-state index contributed by atoms with van der Waals surface area (Å²) in [5.41, 5.74) is -2.25. The fourth-order valence-corrected chi connectivity index (χ4v) is 3.08. The molecule has 2 unspecified atom stereocenters. The van der Waals surface area contributed by atoms with Gasteiger partial charge in [0.2, 0.25) is 5.43 Å². The number of nitrogens with one attached hydrogen (secondary N) is 2. The molecule has 3 rings (SSSR count). The number of aliphatic hydroxyl groups excluding tert-OH is 1. The maximum Gasteiger partial charge on any atom is 0.418 e. The molecule has 1 aliphatic rings. The molecule has 150 valence electrons. The summed E-state index contributed by atoms with van der Waals surface area (Å²) in [6, 6.07) is 5.86. The molecule has 0 bridgehead atoms. The number of aromatic nitrogens is 2. The number of para-hydroxylation sites is 1. The summed E-state index contributed by atoms with van der Waals surface area (Å²) in [7, 11) is 0. The van der Waals surface area contributed by atoms with Crippen LogP contribution in [0.1, 0.15) is 21.7 Å². The predicted molar refractivity (Wildman–Crippen MR) is 94.3 cm³/mol. The summed E-state index contributed by atoms with van der Waals surface area (Å²) in [6.07, 6.45) is -5.25. The summed E-state index contributed by atoms with van der Waals surface area (Å²) < 4.78 is 40.9. The van der Waals surface area contributed by atoms with Crippen molar-refractivity contribution >= 4 is 5.91 Å². The minimum Gasteiger partial charge on any atom is -0.391 e. The average molecular weight is 396 g/mol. The first kappa shape index (κ1) is 20.0. The lowest BCUT2D eigenvalue weighted by Crippen LogP contribution is -2.37. The number of alkyl halides is 3. The van der Waals surface area contributed by atoms with Crippen LogP contribution in [0, 0.1) is 12.8 Å². The molecular weight excluding hydrogens is 377 g/mol. The Bertz CT molecular complexity index is 942. The van der Waals surface area contributed by atoms with Crippen LogP contribution in [0.2, 0.25) is 0 Å². The van der Waals surface area contributed by atoms with Crippen LogP contribution in [0.3, 0.4) is 0 Å². The molecule has 0 saturated carbocycles. The van der Waals surface area contributed by atoms with Crippen LogP contribution in [0.25, 0.3) is 5.69 Å². The van der Waals surface area contributed by atoms with Gasteiger partial charge in [0.15, 0.2) is 5.69 Å². The number of benzene rings is 1. The minimum absolute atomic E-state index is 0.112.